The molecule has 4 rings (SSSR count). The Labute approximate surface area is 367 Å². The minimum absolute atomic E-state index is 0.0750. The van der Waals surface area contributed by atoms with Gasteiger partial charge in [0.2, 0.25) is 0 Å². The molecule has 3 saturated carbocycles. The highest BCUT2D eigenvalue weighted by Crippen LogP contribution is 2.22. The van der Waals surface area contributed by atoms with E-state index in [9.17, 15) is 0 Å². The van der Waals surface area contributed by atoms with E-state index in [4.69, 9.17) is 30.0 Å². The molecule has 3 fully saturated rings. The molecule has 0 aliphatic heterocycles. The van der Waals surface area contributed by atoms with Crippen molar-refractivity contribution in [2.75, 3.05) is 0 Å². The maximum atomic E-state index is 6.05. The second-order valence-corrected chi connectivity index (χ2v) is 18.7. The first-order chi connectivity index (χ1) is 29.8. The molecule has 60 heavy (non-hydrogen) atoms. The molecule has 9 heteroatoms. The fraction of sp³-hybridized carbons (Fsp3) is 0.882. The van der Waals surface area contributed by atoms with Crippen LogP contribution in [0.15, 0.2) is 15.5 Å². The Morgan fingerprint density at radius 3 is 0.483 bits per heavy atom. The Balaban J connectivity index is 1.49. The third kappa shape index (κ3) is 26.7. The molecule has 3 aliphatic rings. The largest absolute Gasteiger partial charge is 0.355 e. The predicted molar refractivity (Wildman–Crippen MR) is 252 cm³/mol. The van der Waals surface area contributed by atoms with Gasteiger partial charge in [-0.3, -0.25) is 0 Å². The first-order valence-electron chi connectivity index (χ1n) is 26.3. The van der Waals surface area contributed by atoms with Crippen LogP contribution in [0.1, 0.15) is 289 Å². The summed E-state index contributed by atoms with van der Waals surface area (Å²) in [7, 11) is 0. The monoisotopic (exact) mass is 835 g/mol. The summed E-state index contributed by atoms with van der Waals surface area (Å²) in [5.74, 6) is 0. The van der Waals surface area contributed by atoms with Crippen LogP contribution in [0.3, 0.4) is 0 Å². The highest BCUT2D eigenvalue weighted by molar-refractivity contribution is 5.84. The lowest BCUT2D eigenvalue weighted by Gasteiger charge is -2.10. The van der Waals surface area contributed by atoms with Gasteiger partial charge in [-0.2, -0.15) is 0 Å². The standard InChI is InChI=1S/C51H90N6O3/c1-4-10-16-22-28-34-40-46(41-35-29-23-17-11-5-1)55-58-49-52-50(59-56-47-42-36-30-24-18-12-6-2-7-13-19-25-31-37-43-47)54-51(53-49)60-57-48-44-38-32-26-20-14-8-3-9-15-21-27-33-39-45-48/h1-45H2. The molecule has 0 bridgehead atoms. The molecule has 0 unspecified atom stereocenters. The molecule has 1 heterocycles. The summed E-state index contributed by atoms with van der Waals surface area (Å²) in [6.07, 6.45) is 56.5. The van der Waals surface area contributed by atoms with Gasteiger partial charge in [0, 0.05) is 0 Å². The summed E-state index contributed by atoms with van der Waals surface area (Å²) in [4.78, 5) is 31.9. The maximum Gasteiger partial charge on any atom is 0.355 e. The molecule has 0 saturated heterocycles. The quantitative estimate of drug-likeness (QED) is 0.264. The van der Waals surface area contributed by atoms with Crippen molar-refractivity contribution < 1.29 is 14.5 Å². The number of hydrogen-bond donors (Lipinski definition) is 0. The molecular formula is C51H90N6O3. The molecule has 1 aromatic rings. The fourth-order valence-corrected chi connectivity index (χ4v) is 9.22. The Morgan fingerprint density at radius 1 is 0.200 bits per heavy atom. The lowest BCUT2D eigenvalue weighted by molar-refractivity contribution is 0.247. The van der Waals surface area contributed by atoms with E-state index in [1.165, 1.54) is 212 Å². The van der Waals surface area contributed by atoms with Gasteiger partial charge in [0.25, 0.3) is 0 Å². The van der Waals surface area contributed by atoms with Gasteiger partial charge < -0.3 is 14.5 Å². The van der Waals surface area contributed by atoms with Gasteiger partial charge in [-0.1, -0.05) is 227 Å². The number of nitrogens with zero attached hydrogens (tertiary/aromatic N) is 6. The van der Waals surface area contributed by atoms with Crippen LogP contribution in [0.2, 0.25) is 0 Å². The SMILES string of the molecule is C1CCCCCCCC(=NOc2nc(ON=C3CCCCCCCCCCCCCCC3)nc(ON=C3CCCCCCCCCCCCCCC3)n2)CCCCCCC1. The molecule has 1 aromatic heterocycles. The van der Waals surface area contributed by atoms with Crippen molar-refractivity contribution in [3.8, 4) is 18.0 Å². The Hall–Kier alpha value is -2.58. The van der Waals surface area contributed by atoms with Gasteiger partial charge in [-0.25, -0.2) is 0 Å². The lowest BCUT2D eigenvalue weighted by atomic mass is 10.0. The zero-order valence-electron chi connectivity index (χ0n) is 38.7. The van der Waals surface area contributed by atoms with Gasteiger partial charge in [-0.05, 0) is 77.0 Å². The molecule has 3 aliphatic carbocycles. The first-order valence-corrected chi connectivity index (χ1v) is 26.3. The van der Waals surface area contributed by atoms with E-state index in [2.05, 4.69) is 15.0 Å². The van der Waals surface area contributed by atoms with Crippen LogP contribution in [0.4, 0.5) is 0 Å². The smallest absolute Gasteiger partial charge is 0.315 e. The average Bonchev–Trinajstić information content (AvgIpc) is 3.25. The van der Waals surface area contributed by atoms with E-state index < -0.39 is 0 Å². The lowest BCUT2D eigenvalue weighted by Crippen LogP contribution is -2.08. The second kappa shape index (κ2) is 36.0. The highest BCUT2D eigenvalue weighted by Gasteiger charge is 2.14. The van der Waals surface area contributed by atoms with Crippen LogP contribution in [0.25, 0.3) is 0 Å². The van der Waals surface area contributed by atoms with E-state index in [0.717, 1.165) is 94.2 Å². The Kier molecular flexibility index (Phi) is 30.0. The normalized spacial score (nSPS) is 21.9. The summed E-state index contributed by atoms with van der Waals surface area (Å²) in [6, 6.07) is 0.225. The topological polar surface area (TPSA) is 103 Å². The summed E-state index contributed by atoms with van der Waals surface area (Å²) < 4.78 is 0. The Morgan fingerprint density at radius 2 is 0.333 bits per heavy atom. The third-order valence-electron chi connectivity index (χ3n) is 13.1. The summed E-state index contributed by atoms with van der Waals surface area (Å²) in [5.41, 5.74) is 3.26. The Bertz CT molecular complexity index is 1070. The molecule has 0 N–H and O–H groups in total. The van der Waals surface area contributed by atoms with Crippen molar-refractivity contribution in [1.29, 1.82) is 0 Å². The second-order valence-electron chi connectivity index (χ2n) is 18.7. The van der Waals surface area contributed by atoms with Crippen molar-refractivity contribution in [1.82, 2.24) is 15.0 Å². The van der Waals surface area contributed by atoms with Crippen molar-refractivity contribution >= 4 is 17.1 Å². The van der Waals surface area contributed by atoms with Crippen molar-refractivity contribution in [3.63, 3.8) is 0 Å². The molecule has 0 spiro atoms. The van der Waals surface area contributed by atoms with E-state index in [-0.39, 0.29) is 18.0 Å². The summed E-state index contributed by atoms with van der Waals surface area (Å²) in [5, 5.41) is 14.1. The molecule has 0 radical (unpaired) electrons. The maximum absolute atomic E-state index is 6.05. The van der Waals surface area contributed by atoms with Gasteiger partial charge in [0.15, 0.2) is 0 Å². The van der Waals surface area contributed by atoms with Gasteiger partial charge in [0.05, 0.1) is 17.1 Å². The third-order valence-corrected chi connectivity index (χ3v) is 13.1. The van der Waals surface area contributed by atoms with E-state index in [1.54, 1.807) is 0 Å². The van der Waals surface area contributed by atoms with Crippen molar-refractivity contribution in [2.24, 2.45) is 15.5 Å². The van der Waals surface area contributed by atoms with Gasteiger partial charge in [0.1, 0.15) is 0 Å². The molecular weight excluding hydrogens is 745 g/mol. The van der Waals surface area contributed by atoms with Crippen LogP contribution in [-0.4, -0.2) is 32.1 Å². The van der Waals surface area contributed by atoms with Crippen LogP contribution < -0.4 is 14.5 Å². The fourth-order valence-electron chi connectivity index (χ4n) is 9.22. The predicted octanol–water partition coefficient (Wildman–Crippen LogP) is 16.7. The van der Waals surface area contributed by atoms with Crippen LogP contribution >= 0.6 is 0 Å². The molecule has 342 valence electrons. The minimum Gasteiger partial charge on any atom is -0.315 e. The van der Waals surface area contributed by atoms with Crippen molar-refractivity contribution in [3.05, 3.63) is 0 Å². The van der Waals surface area contributed by atoms with Gasteiger partial charge >= 0.3 is 18.0 Å². The molecule has 0 aromatic carbocycles. The average molecular weight is 835 g/mol. The zero-order chi connectivity index (χ0) is 41.6. The zero-order valence-corrected chi connectivity index (χ0v) is 38.7. The number of aromatic nitrogens is 3. The van der Waals surface area contributed by atoms with Crippen LogP contribution in [-0.2, 0) is 0 Å². The summed E-state index contributed by atoms with van der Waals surface area (Å²) >= 11 is 0. The number of rotatable bonds is 6. The van der Waals surface area contributed by atoms with E-state index >= 15 is 0 Å². The molecule has 0 atom stereocenters. The van der Waals surface area contributed by atoms with Crippen molar-refractivity contribution in [2.45, 2.75) is 289 Å². The molecule has 9 nitrogen and oxygen atoms in total. The van der Waals surface area contributed by atoms with Crippen LogP contribution in [0.5, 0.6) is 18.0 Å². The summed E-state index contributed by atoms with van der Waals surface area (Å²) in [6.45, 7) is 0. The van der Waals surface area contributed by atoms with E-state index in [0.29, 0.717) is 0 Å². The number of hydrogen-bond acceptors (Lipinski definition) is 9. The highest BCUT2D eigenvalue weighted by atomic mass is 16.7. The van der Waals surface area contributed by atoms with Gasteiger partial charge in [-0.15, -0.1) is 15.0 Å². The molecule has 0 amide bonds. The number of oxime groups is 3. The van der Waals surface area contributed by atoms with E-state index in [1.807, 2.05) is 0 Å². The van der Waals surface area contributed by atoms with Crippen LogP contribution in [0, 0.1) is 0 Å². The minimum atomic E-state index is 0.0750. The first kappa shape index (κ1) is 50.1.